The monoisotopic (exact) mass is 441 g/mol. The number of rotatable bonds is 3. The number of aryl methyl sites for hydroxylation is 1. The number of nitrogens with one attached hydrogen (secondary N) is 1. The highest BCUT2D eigenvalue weighted by Crippen LogP contribution is 2.32. The van der Waals surface area contributed by atoms with Gasteiger partial charge in [-0.05, 0) is 64.8 Å². The van der Waals surface area contributed by atoms with Crippen molar-refractivity contribution >= 4 is 60.7 Å². The zero-order valence-corrected chi connectivity index (χ0v) is 15.9. The van der Waals surface area contributed by atoms with Crippen LogP contribution < -0.4 is 10.1 Å². The van der Waals surface area contributed by atoms with Crippen LogP contribution in [-0.4, -0.2) is 11.0 Å². The first-order chi connectivity index (χ1) is 10.4. The smallest absolute Gasteiger partial charge is 0.308 e. The lowest BCUT2D eigenvalue weighted by Gasteiger charge is -2.14. The summed E-state index contributed by atoms with van der Waals surface area (Å²) in [6.07, 6.45) is 0. The predicted molar refractivity (Wildman–Crippen MR) is 99.7 cm³/mol. The summed E-state index contributed by atoms with van der Waals surface area (Å²) < 4.78 is 6.97. The van der Waals surface area contributed by atoms with Crippen LogP contribution in [-0.2, 0) is 4.79 Å². The van der Waals surface area contributed by atoms with Crippen LogP contribution in [0.5, 0.6) is 5.75 Å². The molecule has 0 heterocycles. The number of thiocarbonyl (C=S) groups is 1. The Bertz CT molecular complexity index is 730. The summed E-state index contributed by atoms with van der Waals surface area (Å²) >= 11 is 12.3. The maximum Gasteiger partial charge on any atom is 0.308 e. The molecule has 0 aliphatic rings. The molecular formula is C16H13Br2NO2S. The van der Waals surface area contributed by atoms with Crippen LogP contribution in [0.25, 0.3) is 0 Å². The van der Waals surface area contributed by atoms with E-state index in [1.807, 2.05) is 43.3 Å². The van der Waals surface area contributed by atoms with Crippen molar-refractivity contribution in [2.75, 3.05) is 5.32 Å². The Morgan fingerprint density at radius 2 is 1.82 bits per heavy atom. The first-order valence-corrected chi connectivity index (χ1v) is 8.41. The lowest BCUT2D eigenvalue weighted by molar-refractivity contribution is -0.131. The van der Waals surface area contributed by atoms with Gasteiger partial charge in [-0.2, -0.15) is 0 Å². The highest BCUT2D eigenvalue weighted by Gasteiger charge is 2.15. The zero-order valence-electron chi connectivity index (χ0n) is 11.9. The van der Waals surface area contributed by atoms with Gasteiger partial charge in [0.15, 0.2) is 5.75 Å². The lowest BCUT2D eigenvalue weighted by Crippen LogP contribution is -2.14. The third kappa shape index (κ3) is 4.38. The molecule has 0 aliphatic heterocycles. The summed E-state index contributed by atoms with van der Waals surface area (Å²) in [4.78, 5) is 11.8. The second-order valence-electron chi connectivity index (χ2n) is 4.68. The Hall–Kier alpha value is -1.24. The molecule has 114 valence electrons. The van der Waals surface area contributed by atoms with Crippen molar-refractivity contribution in [3.05, 3.63) is 56.5 Å². The summed E-state index contributed by atoms with van der Waals surface area (Å²) in [7, 11) is 0. The van der Waals surface area contributed by atoms with Gasteiger partial charge in [-0.15, -0.1) is 0 Å². The molecule has 3 nitrogen and oxygen atoms in total. The van der Waals surface area contributed by atoms with Crippen LogP contribution >= 0.6 is 44.1 Å². The van der Waals surface area contributed by atoms with Crippen LogP contribution in [0.4, 0.5) is 5.69 Å². The Kier molecular flexibility index (Phi) is 5.72. The fourth-order valence-electron chi connectivity index (χ4n) is 1.88. The van der Waals surface area contributed by atoms with Gasteiger partial charge in [0, 0.05) is 17.1 Å². The number of benzene rings is 2. The molecule has 0 bridgehead atoms. The SMILES string of the molecule is CC(=O)Oc1c(Br)cc(C)cc1C(=S)Nc1ccc(Br)cc1. The summed E-state index contributed by atoms with van der Waals surface area (Å²) in [5, 5.41) is 3.15. The number of carbonyl (C=O) groups excluding carboxylic acids is 1. The second kappa shape index (κ2) is 7.35. The molecule has 0 amide bonds. The molecule has 1 N–H and O–H groups in total. The minimum absolute atomic E-state index is 0.391. The molecule has 0 fully saturated rings. The van der Waals surface area contributed by atoms with E-state index in [1.165, 1.54) is 6.92 Å². The molecule has 0 spiro atoms. The Morgan fingerprint density at radius 3 is 2.41 bits per heavy atom. The van der Waals surface area contributed by atoms with Gasteiger partial charge in [0.2, 0.25) is 0 Å². The Morgan fingerprint density at radius 1 is 1.18 bits per heavy atom. The normalized spacial score (nSPS) is 10.2. The van der Waals surface area contributed by atoms with Gasteiger partial charge < -0.3 is 10.1 Å². The maximum absolute atomic E-state index is 11.3. The van der Waals surface area contributed by atoms with E-state index in [0.717, 1.165) is 15.7 Å². The first kappa shape index (κ1) is 17.1. The fourth-order valence-corrected chi connectivity index (χ4v) is 3.07. The molecule has 2 aromatic rings. The van der Waals surface area contributed by atoms with E-state index in [9.17, 15) is 4.79 Å². The number of ether oxygens (including phenoxy) is 1. The number of hydrogen-bond donors (Lipinski definition) is 1. The van der Waals surface area contributed by atoms with Crippen LogP contribution in [0.2, 0.25) is 0 Å². The number of esters is 1. The van der Waals surface area contributed by atoms with Crippen LogP contribution in [0.3, 0.4) is 0 Å². The molecule has 0 aliphatic carbocycles. The fraction of sp³-hybridized carbons (Fsp3) is 0.125. The Balaban J connectivity index is 2.35. The molecule has 22 heavy (non-hydrogen) atoms. The summed E-state index contributed by atoms with van der Waals surface area (Å²) in [6.45, 7) is 3.31. The molecule has 2 rings (SSSR count). The minimum Gasteiger partial charge on any atom is -0.425 e. The Labute approximate surface area is 151 Å². The molecular weight excluding hydrogens is 430 g/mol. The van der Waals surface area contributed by atoms with Crippen LogP contribution in [0.15, 0.2) is 45.3 Å². The van der Waals surface area contributed by atoms with Crippen molar-refractivity contribution in [3.8, 4) is 5.75 Å². The predicted octanol–water partition coefficient (Wildman–Crippen LogP) is 5.23. The van der Waals surface area contributed by atoms with Crippen molar-refractivity contribution in [1.29, 1.82) is 0 Å². The van der Waals surface area contributed by atoms with Gasteiger partial charge in [0.1, 0.15) is 4.99 Å². The third-order valence-corrected chi connectivity index (χ3v) is 4.22. The van der Waals surface area contributed by atoms with Gasteiger partial charge in [-0.1, -0.05) is 28.1 Å². The van der Waals surface area contributed by atoms with E-state index in [2.05, 4.69) is 37.2 Å². The molecule has 0 radical (unpaired) electrons. The topological polar surface area (TPSA) is 38.3 Å². The van der Waals surface area contributed by atoms with Gasteiger partial charge in [0.25, 0.3) is 0 Å². The highest BCUT2D eigenvalue weighted by molar-refractivity contribution is 9.10. The molecule has 0 saturated heterocycles. The minimum atomic E-state index is -0.391. The van der Waals surface area contributed by atoms with Crippen molar-refractivity contribution in [1.82, 2.24) is 0 Å². The van der Waals surface area contributed by atoms with E-state index in [4.69, 9.17) is 17.0 Å². The van der Waals surface area contributed by atoms with Gasteiger partial charge in [0.05, 0.1) is 10.0 Å². The molecule has 6 heteroatoms. The quantitative estimate of drug-likeness (QED) is 0.401. The summed E-state index contributed by atoms with van der Waals surface area (Å²) in [5.41, 5.74) is 2.54. The average molecular weight is 443 g/mol. The summed E-state index contributed by atoms with van der Waals surface area (Å²) in [6, 6.07) is 11.4. The van der Waals surface area contributed by atoms with E-state index in [-0.39, 0.29) is 0 Å². The largest absolute Gasteiger partial charge is 0.425 e. The zero-order chi connectivity index (χ0) is 16.3. The molecule has 0 unspecified atom stereocenters. The second-order valence-corrected chi connectivity index (χ2v) is 6.86. The number of anilines is 1. The molecule has 0 atom stereocenters. The van der Waals surface area contributed by atoms with E-state index in [1.54, 1.807) is 0 Å². The third-order valence-electron chi connectivity index (χ3n) is 2.78. The van der Waals surface area contributed by atoms with Crippen LogP contribution in [0, 0.1) is 6.92 Å². The number of carbonyl (C=O) groups is 1. The van der Waals surface area contributed by atoms with Crippen molar-refractivity contribution in [3.63, 3.8) is 0 Å². The van der Waals surface area contributed by atoms with Gasteiger partial charge >= 0.3 is 5.97 Å². The van der Waals surface area contributed by atoms with Crippen molar-refractivity contribution in [2.45, 2.75) is 13.8 Å². The number of hydrogen-bond acceptors (Lipinski definition) is 3. The van der Waals surface area contributed by atoms with Crippen molar-refractivity contribution < 1.29 is 9.53 Å². The highest BCUT2D eigenvalue weighted by atomic mass is 79.9. The maximum atomic E-state index is 11.3. The van der Waals surface area contributed by atoms with Gasteiger partial charge in [-0.3, -0.25) is 4.79 Å². The molecule has 0 saturated carbocycles. The summed E-state index contributed by atoms with van der Waals surface area (Å²) in [5.74, 6) is 0.0324. The lowest BCUT2D eigenvalue weighted by atomic mass is 10.1. The van der Waals surface area contributed by atoms with Gasteiger partial charge in [-0.25, -0.2) is 0 Å². The standard InChI is InChI=1S/C16H13Br2NO2S/c1-9-7-13(15(14(18)8-9)21-10(2)20)16(22)19-12-5-3-11(17)4-6-12/h3-8H,1-2H3,(H,19,22). The molecule has 2 aromatic carbocycles. The van der Waals surface area contributed by atoms with Crippen LogP contribution in [0.1, 0.15) is 18.1 Å². The number of halogens is 2. The van der Waals surface area contributed by atoms with E-state index >= 15 is 0 Å². The van der Waals surface area contributed by atoms with E-state index in [0.29, 0.717) is 20.8 Å². The van der Waals surface area contributed by atoms with E-state index < -0.39 is 5.97 Å². The van der Waals surface area contributed by atoms with Crippen molar-refractivity contribution in [2.24, 2.45) is 0 Å². The average Bonchev–Trinajstić information content (AvgIpc) is 2.43. The molecule has 0 aromatic heterocycles. The first-order valence-electron chi connectivity index (χ1n) is 6.42.